The average Bonchev–Trinajstić information content (AvgIpc) is 3.15. The van der Waals surface area contributed by atoms with Crippen molar-refractivity contribution < 1.29 is 13.5 Å². The van der Waals surface area contributed by atoms with E-state index in [1.807, 2.05) is 30.5 Å². The number of rotatable bonds is 5. The van der Waals surface area contributed by atoms with Crippen molar-refractivity contribution in [3.8, 4) is 22.3 Å². The molecule has 9 heteroatoms. The number of aromatic nitrogens is 4. The van der Waals surface area contributed by atoms with Gasteiger partial charge >= 0.3 is 0 Å². The molecule has 4 aromatic rings. The van der Waals surface area contributed by atoms with Crippen LogP contribution in [0.1, 0.15) is 0 Å². The number of nitrogens with two attached hydrogens (primary N) is 1. The molecule has 0 aliphatic rings. The molecular weight excluding hydrogens is 378 g/mol. The van der Waals surface area contributed by atoms with Gasteiger partial charge in [0.2, 0.25) is 10.0 Å². The third-order valence-corrected chi connectivity index (χ3v) is 5.27. The zero-order valence-corrected chi connectivity index (χ0v) is 15.5. The SMILES string of the molecule is NS(=O)(=O)c1cncc(-c2ccc3nccc(-c4cnn(CCO)c4)c3c2)c1. The molecule has 0 amide bonds. The van der Waals surface area contributed by atoms with Gasteiger partial charge in [-0.3, -0.25) is 14.6 Å². The van der Waals surface area contributed by atoms with E-state index in [4.69, 9.17) is 10.2 Å². The van der Waals surface area contributed by atoms with Crippen molar-refractivity contribution in [1.82, 2.24) is 19.7 Å². The van der Waals surface area contributed by atoms with E-state index in [2.05, 4.69) is 15.1 Å². The van der Waals surface area contributed by atoms with E-state index in [0.717, 1.165) is 27.6 Å². The Balaban J connectivity index is 1.85. The summed E-state index contributed by atoms with van der Waals surface area (Å²) in [5.74, 6) is 0. The Hall–Kier alpha value is -3.14. The fraction of sp³-hybridized carbons (Fsp3) is 0.105. The number of hydrogen-bond acceptors (Lipinski definition) is 6. The molecule has 0 spiro atoms. The lowest BCUT2D eigenvalue weighted by molar-refractivity contribution is 0.269. The van der Waals surface area contributed by atoms with Crippen LogP contribution in [0.2, 0.25) is 0 Å². The number of pyridine rings is 2. The Morgan fingerprint density at radius 3 is 2.68 bits per heavy atom. The monoisotopic (exact) mass is 395 g/mol. The van der Waals surface area contributed by atoms with Crippen LogP contribution in [-0.4, -0.2) is 39.9 Å². The van der Waals surface area contributed by atoms with Gasteiger partial charge in [-0.25, -0.2) is 13.6 Å². The topological polar surface area (TPSA) is 124 Å². The fourth-order valence-electron chi connectivity index (χ4n) is 3.04. The second-order valence-electron chi connectivity index (χ2n) is 6.26. The van der Waals surface area contributed by atoms with Crippen molar-refractivity contribution in [3.05, 3.63) is 61.3 Å². The number of fused-ring (bicyclic) bond motifs is 1. The van der Waals surface area contributed by atoms with Crippen LogP contribution < -0.4 is 5.14 Å². The normalized spacial score (nSPS) is 11.8. The van der Waals surface area contributed by atoms with E-state index >= 15 is 0 Å². The van der Waals surface area contributed by atoms with Gasteiger partial charge in [-0.15, -0.1) is 0 Å². The molecule has 3 N–H and O–H groups in total. The number of nitrogens with zero attached hydrogens (tertiary/aromatic N) is 4. The number of primary sulfonamides is 1. The Morgan fingerprint density at radius 2 is 1.89 bits per heavy atom. The van der Waals surface area contributed by atoms with E-state index in [9.17, 15) is 8.42 Å². The molecule has 0 atom stereocenters. The number of aliphatic hydroxyl groups is 1. The molecule has 4 rings (SSSR count). The van der Waals surface area contributed by atoms with Crippen molar-refractivity contribution in [1.29, 1.82) is 0 Å². The molecule has 0 saturated carbocycles. The fourth-order valence-corrected chi connectivity index (χ4v) is 3.54. The summed E-state index contributed by atoms with van der Waals surface area (Å²) in [6, 6.07) is 9.06. The largest absolute Gasteiger partial charge is 0.394 e. The first-order valence-electron chi connectivity index (χ1n) is 8.46. The van der Waals surface area contributed by atoms with Crippen LogP contribution in [0.5, 0.6) is 0 Å². The lowest BCUT2D eigenvalue weighted by Gasteiger charge is -2.08. The highest BCUT2D eigenvalue weighted by Crippen LogP contribution is 2.31. The number of sulfonamides is 1. The number of benzene rings is 1. The predicted molar refractivity (Wildman–Crippen MR) is 105 cm³/mol. The highest BCUT2D eigenvalue weighted by molar-refractivity contribution is 7.89. The van der Waals surface area contributed by atoms with Gasteiger partial charge in [-0.05, 0) is 35.4 Å². The van der Waals surface area contributed by atoms with E-state index in [0.29, 0.717) is 12.1 Å². The van der Waals surface area contributed by atoms with Crippen molar-refractivity contribution in [2.75, 3.05) is 6.61 Å². The molecule has 0 aliphatic carbocycles. The summed E-state index contributed by atoms with van der Waals surface area (Å²) in [5, 5.41) is 19.4. The Bertz CT molecular complexity index is 1270. The van der Waals surface area contributed by atoms with E-state index < -0.39 is 10.0 Å². The highest BCUT2D eigenvalue weighted by atomic mass is 32.2. The Kier molecular flexibility index (Phi) is 4.63. The summed E-state index contributed by atoms with van der Waals surface area (Å²) in [6.07, 6.45) is 8.14. The van der Waals surface area contributed by atoms with E-state index in [1.54, 1.807) is 23.3 Å². The zero-order chi connectivity index (χ0) is 19.7. The van der Waals surface area contributed by atoms with E-state index in [-0.39, 0.29) is 11.5 Å². The van der Waals surface area contributed by atoms with Crippen molar-refractivity contribution in [3.63, 3.8) is 0 Å². The molecule has 0 unspecified atom stereocenters. The van der Waals surface area contributed by atoms with Crippen molar-refractivity contribution in [2.24, 2.45) is 5.14 Å². The summed E-state index contributed by atoms with van der Waals surface area (Å²) < 4.78 is 24.9. The predicted octanol–water partition coefficient (Wildman–Crippen LogP) is 1.80. The second-order valence-corrected chi connectivity index (χ2v) is 7.82. The van der Waals surface area contributed by atoms with Crippen LogP contribution in [0.15, 0.2) is 66.2 Å². The molecule has 142 valence electrons. The third-order valence-electron chi connectivity index (χ3n) is 4.39. The second kappa shape index (κ2) is 7.12. The molecule has 0 saturated heterocycles. The molecule has 1 aromatic carbocycles. The van der Waals surface area contributed by atoms with Crippen LogP contribution >= 0.6 is 0 Å². The van der Waals surface area contributed by atoms with Gasteiger partial charge in [0.15, 0.2) is 0 Å². The standard InChI is InChI=1S/C19H17N5O3S/c20-28(26,27)16-7-14(9-21-11-16)13-1-2-19-18(8-13)17(3-4-22-19)15-10-23-24(12-15)5-6-25/h1-4,7-12,25H,5-6H2,(H2,20,26,27). The first-order valence-corrected chi connectivity index (χ1v) is 10.0. The minimum Gasteiger partial charge on any atom is -0.394 e. The van der Waals surface area contributed by atoms with Gasteiger partial charge < -0.3 is 5.11 Å². The summed E-state index contributed by atoms with van der Waals surface area (Å²) in [7, 11) is -3.84. The molecular formula is C19H17N5O3S. The summed E-state index contributed by atoms with van der Waals surface area (Å²) in [4.78, 5) is 8.36. The number of aliphatic hydroxyl groups excluding tert-OH is 1. The highest BCUT2D eigenvalue weighted by Gasteiger charge is 2.12. The minimum atomic E-state index is -3.84. The Labute approximate surface area is 161 Å². The molecule has 0 aliphatic heterocycles. The maximum Gasteiger partial charge on any atom is 0.239 e. The molecule has 8 nitrogen and oxygen atoms in total. The van der Waals surface area contributed by atoms with Gasteiger partial charge in [0, 0.05) is 41.3 Å². The molecule has 0 radical (unpaired) electrons. The minimum absolute atomic E-state index is 0.00967. The molecule has 0 bridgehead atoms. The maximum atomic E-state index is 11.6. The first kappa shape index (κ1) is 18.2. The molecule has 0 fully saturated rings. The van der Waals surface area contributed by atoms with Crippen molar-refractivity contribution in [2.45, 2.75) is 11.4 Å². The molecule has 28 heavy (non-hydrogen) atoms. The summed E-state index contributed by atoms with van der Waals surface area (Å²) in [5.41, 5.74) is 4.06. The van der Waals surface area contributed by atoms with Crippen LogP contribution in [-0.2, 0) is 16.6 Å². The molecule has 3 aromatic heterocycles. The van der Waals surface area contributed by atoms with Gasteiger partial charge in [-0.1, -0.05) is 6.07 Å². The average molecular weight is 395 g/mol. The lowest BCUT2D eigenvalue weighted by atomic mass is 9.99. The maximum absolute atomic E-state index is 11.6. The smallest absolute Gasteiger partial charge is 0.239 e. The summed E-state index contributed by atoms with van der Waals surface area (Å²) >= 11 is 0. The van der Waals surface area contributed by atoms with Crippen molar-refractivity contribution >= 4 is 20.9 Å². The van der Waals surface area contributed by atoms with Gasteiger partial charge in [0.05, 0.1) is 24.9 Å². The van der Waals surface area contributed by atoms with E-state index in [1.165, 1.54) is 12.3 Å². The lowest BCUT2D eigenvalue weighted by Crippen LogP contribution is -2.12. The van der Waals surface area contributed by atoms with Gasteiger partial charge in [-0.2, -0.15) is 5.10 Å². The third kappa shape index (κ3) is 3.50. The number of hydrogen-bond donors (Lipinski definition) is 2. The van der Waals surface area contributed by atoms with Crippen LogP contribution in [0.3, 0.4) is 0 Å². The van der Waals surface area contributed by atoms with Gasteiger partial charge in [0.1, 0.15) is 4.90 Å². The van der Waals surface area contributed by atoms with Crippen LogP contribution in [0.25, 0.3) is 33.2 Å². The quantitative estimate of drug-likeness (QED) is 0.531. The summed E-state index contributed by atoms with van der Waals surface area (Å²) in [6.45, 7) is 0.427. The van der Waals surface area contributed by atoms with Crippen LogP contribution in [0.4, 0.5) is 0 Å². The van der Waals surface area contributed by atoms with Crippen LogP contribution in [0, 0.1) is 0 Å². The molecule has 3 heterocycles. The van der Waals surface area contributed by atoms with Gasteiger partial charge in [0.25, 0.3) is 0 Å². The zero-order valence-electron chi connectivity index (χ0n) is 14.7. The Morgan fingerprint density at radius 1 is 1.04 bits per heavy atom. The first-order chi connectivity index (χ1) is 13.5.